The standard InChI is InChI=1S/C9H15NO4/c1-9(2,14)4-10-7(11)5-3-6(5)8(12)13/h5-6,14H,3-4H2,1-2H3,(H,10,11)(H,12,13). The lowest BCUT2D eigenvalue weighted by molar-refractivity contribution is -0.140. The van der Waals surface area contributed by atoms with Gasteiger partial charge < -0.3 is 15.5 Å². The van der Waals surface area contributed by atoms with E-state index in [9.17, 15) is 14.7 Å². The minimum atomic E-state index is -0.955. The number of carboxylic acid groups (broad SMARTS) is 1. The number of aliphatic carboxylic acids is 1. The topological polar surface area (TPSA) is 86.6 Å². The number of carbonyl (C=O) groups is 2. The largest absolute Gasteiger partial charge is 0.481 e. The number of amides is 1. The van der Waals surface area contributed by atoms with Gasteiger partial charge in [-0.3, -0.25) is 9.59 Å². The number of aliphatic hydroxyl groups is 1. The number of hydrogen-bond acceptors (Lipinski definition) is 3. The van der Waals surface area contributed by atoms with Gasteiger partial charge in [0.1, 0.15) is 0 Å². The second-order valence-electron chi connectivity index (χ2n) is 4.32. The Hall–Kier alpha value is -1.10. The maximum absolute atomic E-state index is 11.3. The molecule has 5 nitrogen and oxygen atoms in total. The molecular weight excluding hydrogens is 186 g/mol. The van der Waals surface area contributed by atoms with Gasteiger partial charge in [0, 0.05) is 6.54 Å². The van der Waals surface area contributed by atoms with E-state index >= 15 is 0 Å². The molecule has 14 heavy (non-hydrogen) atoms. The van der Waals surface area contributed by atoms with Gasteiger partial charge in [0.15, 0.2) is 0 Å². The average molecular weight is 201 g/mol. The van der Waals surface area contributed by atoms with E-state index in [1.165, 1.54) is 0 Å². The molecule has 5 heteroatoms. The van der Waals surface area contributed by atoms with Crippen LogP contribution >= 0.6 is 0 Å². The van der Waals surface area contributed by atoms with Crippen LogP contribution in [0.1, 0.15) is 20.3 Å². The van der Waals surface area contributed by atoms with Gasteiger partial charge in [0.25, 0.3) is 0 Å². The minimum absolute atomic E-state index is 0.147. The highest BCUT2D eigenvalue weighted by atomic mass is 16.4. The third-order valence-electron chi connectivity index (χ3n) is 2.14. The predicted molar refractivity (Wildman–Crippen MR) is 48.5 cm³/mol. The first kappa shape index (κ1) is 11.0. The molecular formula is C9H15NO4. The number of carbonyl (C=O) groups excluding carboxylic acids is 1. The molecule has 0 spiro atoms. The lowest BCUT2D eigenvalue weighted by Gasteiger charge is -2.17. The Morgan fingerprint density at radius 3 is 2.36 bits per heavy atom. The average Bonchev–Trinajstić information content (AvgIpc) is 2.77. The van der Waals surface area contributed by atoms with Crippen LogP contribution in [0.4, 0.5) is 0 Å². The van der Waals surface area contributed by atoms with Crippen molar-refractivity contribution in [3.05, 3.63) is 0 Å². The van der Waals surface area contributed by atoms with Crippen LogP contribution in [0.2, 0.25) is 0 Å². The predicted octanol–water partition coefficient (Wildman–Crippen LogP) is -0.406. The van der Waals surface area contributed by atoms with Gasteiger partial charge in [0.05, 0.1) is 17.4 Å². The summed E-state index contributed by atoms with van der Waals surface area (Å²) in [6, 6.07) is 0. The van der Waals surface area contributed by atoms with Crippen molar-refractivity contribution in [1.29, 1.82) is 0 Å². The molecule has 2 atom stereocenters. The zero-order valence-corrected chi connectivity index (χ0v) is 8.28. The van der Waals surface area contributed by atoms with Crippen molar-refractivity contribution in [2.45, 2.75) is 25.9 Å². The lowest BCUT2D eigenvalue weighted by Crippen LogP contribution is -2.39. The van der Waals surface area contributed by atoms with E-state index in [1.807, 2.05) is 0 Å². The molecule has 0 aliphatic heterocycles. The lowest BCUT2D eigenvalue weighted by atomic mass is 10.1. The molecule has 2 unspecified atom stereocenters. The molecule has 1 fully saturated rings. The van der Waals surface area contributed by atoms with E-state index in [0.717, 1.165) is 0 Å². The van der Waals surface area contributed by atoms with Crippen molar-refractivity contribution in [3.63, 3.8) is 0 Å². The van der Waals surface area contributed by atoms with Crippen LogP contribution in [-0.4, -0.2) is 34.2 Å². The first-order valence-electron chi connectivity index (χ1n) is 4.54. The first-order chi connectivity index (χ1) is 6.31. The highest BCUT2D eigenvalue weighted by Gasteiger charge is 2.48. The number of nitrogens with one attached hydrogen (secondary N) is 1. The molecule has 80 valence electrons. The molecule has 0 saturated heterocycles. The third-order valence-corrected chi connectivity index (χ3v) is 2.14. The maximum atomic E-state index is 11.3. The molecule has 3 N–H and O–H groups in total. The highest BCUT2D eigenvalue weighted by Crippen LogP contribution is 2.38. The van der Waals surface area contributed by atoms with Crippen LogP contribution in [0, 0.1) is 11.8 Å². The molecule has 0 bridgehead atoms. The van der Waals surface area contributed by atoms with E-state index in [1.54, 1.807) is 13.8 Å². The third kappa shape index (κ3) is 2.99. The summed E-state index contributed by atoms with van der Waals surface area (Å²) >= 11 is 0. The summed E-state index contributed by atoms with van der Waals surface area (Å²) in [5, 5.41) is 20.4. The minimum Gasteiger partial charge on any atom is -0.481 e. The van der Waals surface area contributed by atoms with Gasteiger partial charge in [-0.1, -0.05) is 0 Å². The molecule has 1 aliphatic rings. The van der Waals surface area contributed by atoms with Crippen molar-refractivity contribution in [2.75, 3.05) is 6.54 Å². The SMILES string of the molecule is CC(C)(O)CNC(=O)C1CC1C(=O)O. The summed E-state index contributed by atoms with van der Waals surface area (Å²) in [5.74, 6) is -2.14. The first-order valence-corrected chi connectivity index (χ1v) is 4.54. The smallest absolute Gasteiger partial charge is 0.307 e. The Morgan fingerprint density at radius 2 is 2.00 bits per heavy atom. The number of rotatable bonds is 4. The summed E-state index contributed by atoms with van der Waals surface area (Å²) in [7, 11) is 0. The van der Waals surface area contributed by atoms with Crippen LogP contribution < -0.4 is 5.32 Å². The Bertz CT molecular complexity index is 256. The zero-order chi connectivity index (χ0) is 10.9. The van der Waals surface area contributed by atoms with E-state index in [2.05, 4.69) is 5.32 Å². The second kappa shape index (κ2) is 3.57. The number of carboxylic acids is 1. The summed E-state index contributed by atoms with van der Waals surface area (Å²) in [6.45, 7) is 3.30. The van der Waals surface area contributed by atoms with E-state index < -0.39 is 23.4 Å². The fraction of sp³-hybridized carbons (Fsp3) is 0.778. The van der Waals surface area contributed by atoms with Gasteiger partial charge in [-0.2, -0.15) is 0 Å². The van der Waals surface area contributed by atoms with Gasteiger partial charge in [-0.25, -0.2) is 0 Å². The summed E-state index contributed by atoms with van der Waals surface area (Å²) in [5.41, 5.74) is -0.955. The van der Waals surface area contributed by atoms with Crippen molar-refractivity contribution < 1.29 is 19.8 Å². The van der Waals surface area contributed by atoms with Crippen molar-refractivity contribution in [3.8, 4) is 0 Å². The Balaban J connectivity index is 2.29. The Kier molecular flexibility index (Phi) is 2.80. The molecule has 0 heterocycles. The summed E-state index contributed by atoms with van der Waals surface area (Å²) < 4.78 is 0. The van der Waals surface area contributed by atoms with E-state index in [4.69, 9.17) is 5.11 Å². The summed E-state index contributed by atoms with van der Waals surface area (Å²) in [6.07, 6.45) is 0.410. The van der Waals surface area contributed by atoms with Gasteiger partial charge >= 0.3 is 5.97 Å². The monoisotopic (exact) mass is 201 g/mol. The maximum Gasteiger partial charge on any atom is 0.307 e. The normalized spacial score (nSPS) is 25.6. The molecule has 0 aromatic carbocycles. The van der Waals surface area contributed by atoms with Crippen LogP contribution in [0.25, 0.3) is 0 Å². The Labute approximate surface area is 82.1 Å². The fourth-order valence-electron chi connectivity index (χ4n) is 1.19. The molecule has 0 aromatic rings. The second-order valence-corrected chi connectivity index (χ2v) is 4.32. The zero-order valence-electron chi connectivity index (χ0n) is 8.28. The van der Waals surface area contributed by atoms with E-state index in [0.29, 0.717) is 6.42 Å². The molecule has 0 radical (unpaired) electrons. The van der Waals surface area contributed by atoms with Gasteiger partial charge in [0.2, 0.25) is 5.91 Å². The Morgan fingerprint density at radius 1 is 1.43 bits per heavy atom. The summed E-state index contributed by atoms with van der Waals surface area (Å²) in [4.78, 5) is 21.7. The van der Waals surface area contributed by atoms with Gasteiger partial charge in [-0.15, -0.1) is 0 Å². The van der Waals surface area contributed by atoms with Crippen LogP contribution in [0.3, 0.4) is 0 Å². The van der Waals surface area contributed by atoms with Crippen LogP contribution in [-0.2, 0) is 9.59 Å². The fourth-order valence-corrected chi connectivity index (χ4v) is 1.19. The molecule has 1 saturated carbocycles. The quantitative estimate of drug-likeness (QED) is 0.577. The van der Waals surface area contributed by atoms with Gasteiger partial charge in [-0.05, 0) is 20.3 Å². The van der Waals surface area contributed by atoms with E-state index in [-0.39, 0.29) is 12.5 Å². The number of hydrogen-bond donors (Lipinski definition) is 3. The van der Waals surface area contributed by atoms with Crippen LogP contribution in [0.5, 0.6) is 0 Å². The van der Waals surface area contributed by atoms with Crippen molar-refractivity contribution in [1.82, 2.24) is 5.32 Å². The highest BCUT2D eigenvalue weighted by molar-refractivity contribution is 5.89. The molecule has 1 amide bonds. The molecule has 1 rings (SSSR count). The van der Waals surface area contributed by atoms with Crippen molar-refractivity contribution in [2.24, 2.45) is 11.8 Å². The van der Waals surface area contributed by atoms with Crippen molar-refractivity contribution >= 4 is 11.9 Å². The van der Waals surface area contributed by atoms with Crippen LogP contribution in [0.15, 0.2) is 0 Å². The molecule has 1 aliphatic carbocycles. The molecule has 0 aromatic heterocycles.